The van der Waals surface area contributed by atoms with Crippen molar-refractivity contribution in [1.82, 2.24) is 0 Å². The van der Waals surface area contributed by atoms with Crippen molar-refractivity contribution >= 4 is 74.1 Å². The second-order valence-electron chi connectivity index (χ2n) is 2.89. The first-order valence-electron chi connectivity index (χ1n) is 6.27. The number of rotatable bonds is 6. The van der Waals surface area contributed by atoms with Crippen LogP contribution in [0.5, 0.6) is 0 Å². The molecule has 0 aromatic rings. The van der Waals surface area contributed by atoms with E-state index in [1.807, 2.05) is 0 Å². The van der Waals surface area contributed by atoms with E-state index >= 15 is 0 Å². The molecule has 0 rings (SSSR count). The van der Waals surface area contributed by atoms with Gasteiger partial charge in [0.15, 0.2) is 0 Å². The van der Waals surface area contributed by atoms with E-state index < -0.39 is 10.5 Å². The Labute approximate surface area is 147 Å². The van der Waals surface area contributed by atoms with Gasteiger partial charge in [0.2, 0.25) is 10.5 Å². The summed E-state index contributed by atoms with van der Waals surface area (Å²) in [6, 6.07) is 0. The number of hydrogen-bond donors (Lipinski definition) is 0. The highest BCUT2D eigenvalue weighted by Crippen LogP contribution is 2.04. The second kappa shape index (κ2) is 32.3. The third-order valence-electron chi connectivity index (χ3n) is 1.21. The van der Waals surface area contributed by atoms with Gasteiger partial charge in [0.25, 0.3) is 0 Å². The first-order chi connectivity index (χ1) is 9.37. The lowest BCUT2D eigenvalue weighted by Gasteiger charge is -1.80. The lowest BCUT2D eigenvalue weighted by Crippen LogP contribution is -1.81. The van der Waals surface area contributed by atoms with Gasteiger partial charge >= 0.3 is 0 Å². The minimum Gasteiger partial charge on any atom is -0.280 e. The fraction of sp³-hybridized carbons (Fsp3) is 0.833. The van der Waals surface area contributed by atoms with Crippen molar-refractivity contribution < 1.29 is 9.59 Å². The molecule has 0 unspecified atom stereocenters. The SMILES string of the molecule is CCPCC.CCPCC.O=C(Cl)CCl.O=C(Cl)CCl. The van der Waals surface area contributed by atoms with Gasteiger partial charge in [-0.15, -0.1) is 40.4 Å². The summed E-state index contributed by atoms with van der Waals surface area (Å²) >= 11 is 19.1. The van der Waals surface area contributed by atoms with Crippen molar-refractivity contribution in [3.05, 3.63) is 0 Å². The summed E-state index contributed by atoms with van der Waals surface area (Å²) in [5.74, 6) is -0.191. The molecule has 0 bridgehead atoms. The fourth-order valence-corrected chi connectivity index (χ4v) is 1.50. The normalized spacial score (nSPS) is 8.00. The second-order valence-corrected chi connectivity index (χ2v) is 8.10. The smallest absolute Gasteiger partial charge is 0.236 e. The maximum absolute atomic E-state index is 9.45. The first-order valence-corrected chi connectivity index (χ1v) is 10.9. The van der Waals surface area contributed by atoms with Gasteiger partial charge in [0, 0.05) is 0 Å². The van der Waals surface area contributed by atoms with Crippen LogP contribution in [0.1, 0.15) is 27.7 Å². The van der Waals surface area contributed by atoms with E-state index in [0.717, 1.165) is 0 Å². The fourth-order valence-electron chi connectivity index (χ4n) is 0.500. The Morgan fingerprint density at radius 2 is 0.850 bits per heavy atom. The van der Waals surface area contributed by atoms with Crippen molar-refractivity contribution in [2.75, 3.05) is 36.4 Å². The Balaban J connectivity index is -0.0000000853. The molecule has 0 saturated carbocycles. The summed E-state index contributed by atoms with van der Waals surface area (Å²) in [7, 11) is 2.40. The predicted molar refractivity (Wildman–Crippen MR) is 102 cm³/mol. The zero-order chi connectivity index (χ0) is 16.8. The number of hydrogen-bond acceptors (Lipinski definition) is 2. The van der Waals surface area contributed by atoms with Gasteiger partial charge in [-0.3, -0.25) is 9.59 Å². The van der Waals surface area contributed by atoms with Crippen molar-refractivity contribution in [3.63, 3.8) is 0 Å². The third-order valence-corrected chi connectivity index (χ3v) is 4.24. The third kappa shape index (κ3) is 74.5. The van der Waals surface area contributed by atoms with E-state index in [1.165, 1.54) is 41.8 Å². The number of carbonyl (C=O) groups excluding carboxylic acids is 2. The zero-order valence-corrected chi connectivity index (χ0v) is 17.6. The molecule has 0 aliphatic carbocycles. The Hall–Kier alpha value is 1.36. The van der Waals surface area contributed by atoms with Crippen LogP contribution < -0.4 is 0 Å². The van der Waals surface area contributed by atoms with Crippen LogP contribution in [-0.2, 0) is 9.59 Å². The Kier molecular flexibility index (Phi) is 47.5. The lowest BCUT2D eigenvalue weighted by atomic mass is 10.9. The number of alkyl halides is 2. The molecule has 0 aliphatic rings. The van der Waals surface area contributed by atoms with Crippen LogP contribution in [0.2, 0.25) is 0 Å². The molecular formula is C12H26Cl4O2P2. The molecule has 0 aromatic carbocycles. The molecule has 0 spiro atoms. The lowest BCUT2D eigenvalue weighted by molar-refractivity contribution is -0.110. The van der Waals surface area contributed by atoms with E-state index in [1.54, 1.807) is 0 Å². The monoisotopic (exact) mass is 404 g/mol. The molecule has 124 valence electrons. The Bertz CT molecular complexity index is 172. The maximum Gasteiger partial charge on any atom is 0.236 e. The average Bonchev–Trinajstić information content (AvgIpc) is 2.42. The van der Waals surface area contributed by atoms with E-state index in [-0.39, 0.29) is 11.8 Å². The topological polar surface area (TPSA) is 34.1 Å². The van der Waals surface area contributed by atoms with Crippen LogP contribution in [0.15, 0.2) is 0 Å². The van der Waals surface area contributed by atoms with Crippen molar-refractivity contribution in [2.45, 2.75) is 27.7 Å². The van der Waals surface area contributed by atoms with Crippen molar-refractivity contribution in [3.8, 4) is 0 Å². The van der Waals surface area contributed by atoms with Crippen LogP contribution in [0.25, 0.3) is 0 Å². The summed E-state index contributed by atoms with van der Waals surface area (Å²) in [5, 5.41) is -1.02. The summed E-state index contributed by atoms with van der Waals surface area (Å²) in [6.45, 7) is 8.90. The van der Waals surface area contributed by atoms with Crippen LogP contribution >= 0.6 is 63.6 Å². The molecule has 0 N–H and O–H groups in total. The molecule has 0 radical (unpaired) electrons. The van der Waals surface area contributed by atoms with Gasteiger partial charge < -0.3 is 0 Å². The van der Waals surface area contributed by atoms with Gasteiger partial charge in [0.05, 0.1) is 11.8 Å². The highest BCUT2D eigenvalue weighted by atomic mass is 35.5. The van der Waals surface area contributed by atoms with Gasteiger partial charge in [-0.25, -0.2) is 0 Å². The highest BCUT2D eigenvalue weighted by molar-refractivity contribution is 7.38. The molecule has 0 heterocycles. The molecule has 0 aliphatic heterocycles. The molecule has 0 amide bonds. The predicted octanol–water partition coefficient (Wildman–Crippen LogP) is 5.39. The molecule has 20 heavy (non-hydrogen) atoms. The Morgan fingerprint density at radius 3 is 0.850 bits per heavy atom. The minimum absolute atomic E-state index is 0.0957. The van der Waals surface area contributed by atoms with Gasteiger partial charge in [-0.05, 0) is 47.8 Å². The van der Waals surface area contributed by atoms with Crippen molar-refractivity contribution in [2.24, 2.45) is 0 Å². The Morgan fingerprint density at radius 1 is 0.700 bits per heavy atom. The van der Waals surface area contributed by atoms with Crippen LogP contribution in [0.3, 0.4) is 0 Å². The average molecular weight is 406 g/mol. The van der Waals surface area contributed by atoms with E-state index in [9.17, 15) is 9.59 Å². The molecule has 0 aromatic heterocycles. The largest absolute Gasteiger partial charge is 0.280 e. The number of halogens is 4. The van der Waals surface area contributed by atoms with Crippen LogP contribution in [0.4, 0.5) is 0 Å². The zero-order valence-electron chi connectivity index (χ0n) is 12.6. The summed E-state index contributed by atoms with van der Waals surface area (Å²) < 4.78 is 0. The summed E-state index contributed by atoms with van der Waals surface area (Å²) in [6.07, 6.45) is 5.49. The maximum atomic E-state index is 9.45. The van der Waals surface area contributed by atoms with E-state index in [4.69, 9.17) is 46.4 Å². The quantitative estimate of drug-likeness (QED) is 0.337. The first kappa shape index (κ1) is 29.4. The summed E-state index contributed by atoms with van der Waals surface area (Å²) in [5.41, 5.74) is 0. The van der Waals surface area contributed by atoms with Crippen molar-refractivity contribution in [1.29, 1.82) is 0 Å². The van der Waals surface area contributed by atoms with Gasteiger partial charge in [-0.2, -0.15) is 0 Å². The molecule has 0 atom stereocenters. The van der Waals surface area contributed by atoms with Gasteiger partial charge in [-0.1, -0.05) is 27.7 Å². The molecule has 0 saturated heterocycles. The van der Waals surface area contributed by atoms with E-state index in [0.29, 0.717) is 0 Å². The highest BCUT2D eigenvalue weighted by Gasteiger charge is 1.83. The molecule has 2 nitrogen and oxygen atoms in total. The summed E-state index contributed by atoms with van der Waals surface area (Å²) in [4.78, 5) is 18.9. The molecular weight excluding hydrogens is 380 g/mol. The van der Waals surface area contributed by atoms with E-state index in [2.05, 4.69) is 27.7 Å². The van der Waals surface area contributed by atoms with Gasteiger partial charge in [0.1, 0.15) is 0 Å². The molecule has 0 fully saturated rings. The minimum atomic E-state index is -0.508. The molecule has 8 heteroatoms. The van der Waals surface area contributed by atoms with Crippen LogP contribution in [0, 0.1) is 0 Å². The van der Waals surface area contributed by atoms with Crippen LogP contribution in [-0.4, -0.2) is 46.9 Å². The number of carbonyl (C=O) groups is 2. The standard InChI is InChI=1S/2C4H11P.2C2H2Cl2O/c2*1-3-5-4-2;2*3-1-2(4)5/h2*5H,3-4H2,1-2H3;2*1H2.